The lowest BCUT2D eigenvalue weighted by molar-refractivity contribution is -0.122. The Hall–Kier alpha value is -3.73. The van der Waals surface area contributed by atoms with Crippen molar-refractivity contribution in [2.75, 3.05) is 4.90 Å². The molecule has 2 bridgehead atoms. The van der Waals surface area contributed by atoms with Crippen LogP contribution in [-0.4, -0.2) is 22.9 Å². The first-order valence-electron chi connectivity index (χ1n) is 9.96. The molecule has 1 aliphatic heterocycles. The summed E-state index contributed by atoms with van der Waals surface area (Å²) in [5, 5.41) is 9.14. The van der Waals surface area contributed by atoms with E-state index in [1.54, 1.807) is 12.1 Å². The molecule has 0 radical (unpaired) electrons. The van der Waals surface area contributed by atoms with Crippen LogP contribution in [0.4, 0.5) is 5.69 Å². The van der Waals surface area contributed by atoms with Gasteiger partial charge in [0.05, 0.1) is 23.1 Å². The molecule has 0 aromatic heterocycles. The van der Waals surface area contributed by atoms with Gasteiger partial charge in [0.1, 0.15) is 0 Å². The van der Waals surface area contributed by atoms with Gasteiger partial charge in [0.15, 0.2) is 0 Å². The molecule has 1 fully saturated rings. The number of carbonyl (C=O) groups is 3. The van der Waals surface area contributed by atoms with E-state index in [9.17, 15) is 14.4 Å². The molecule has 5 nitrogen and oxygen atoms in total. The van der Waals surface area contributed by atoms with Gasteiger partial charge in [-0.1, -0.05) is 48.5 Å². The molecule has 30 heavy (non-hydrogen) atoms. The van der Waals surface area contributed by atoms with Crippen LogP contribution < -0.4 is 4.90 Å². The fraction of sp³-hybridized carbons (Fsp3) is 0.160. The fourth-order valence-electron chi connectivity index (χ4n) is 5.68. The van der Waals surface area contributed by atoms with Gasteiger partial charge in [-0.25, -0.2) is 9.69 Å². The normalized spacial score (nSPS) is 25.7. The third kappa shape index (κ3) is 2.04. The summed E-state index contributed by atoms with van der Waals surface area (Å²) in [4.78, 5) is 39.6. The molecular formula is C25H17NO4. The molecule has 146 valence electrons. The highest BCUT2D eigenvalue weighted by molar-refractivity contribution is 6.23. The average molecular weight is 395 g/mol. The quantitative estimate of drug-likeness (QED) is 0.670. The largest absolute Gasteiger partial charge is 0.478 e. The van der Waals surface area contributed by atoms with Gasteiger partial charge in [0, 0.05) is 11.8 Å². The van der Waals surface area contributed by atoms with Crippen LogP contribution in [0.1, 0.15) is 44.4 Å². The summed E-state index contributed by atoms with van der Waals surface area (Å²) in [6.07, 6.45) is 0. The number of rotatable bonds is 2. The van der Waals surface area contributed by atoms with E-state index in [4.69, 9.17) is 5.11 Å². The minimum Gasteiger partial charge on any atom is -0.478 e. The Labute approximate surface area is 172 Å². The molecule has 7 rings (SSSR count). The minimum atomic E-state index is -1.04. The third-order valence-electron chi connectivity index (χ3n) is 6.82. The van der Waals surface area contributed by atoms with Crippen molar-refractivity contribution in [3.05, 3.63) is 101 Å². The van der Waals surface area contributed by atoms with Crippen molar-refractivity contribution in [1.29, 1.82) is 0 Å². The Morgan fingerprint density at radius 1 is 0.667 bits per heavy atom. The molecule has 1 heterocycles. The van der Waals surface area contributed by atoms with Crippen LogP contribution in [0.5, 0.6) is 0 Å². The molecule has 5 heteroatoms. The number of hydrogen-bond acceptors (Lipinski definition) is 3. The van der Waals surface area contributed by atoms with Gasteiger partial charge < -0.3 is 5.11 Å². The minimum absolute atomic E-state index is 0.121. The Kier molecular flexibility index (Phi) is 3.37. The van der Waals surface area contributed by atoms with Gasteiger partial charge in [-0.15, -0.1) is 0 Å². The third-order valence-corrected chi connectivity index (χ3v) is 6.82. The fourth-order valence-corrected chi connectivity index (χ4v) is 5.68. The number of carbonyl (C=O) groups excluding carboxylic acids is 2. The molecule has 1 saturated heterocycles. The van der Waals surface area contributed by atoms with E-state index in [1.165, 1.54) is 17.0 Å². The van der Waals surface area contributed by atoms with Crippen LogP contribution >= 0.6 is 0 Å². The van der Waals surface area contributed by atoms with Gasteiger partial charge in [-0.3, -0.25) is 9.59 Å². The molecule has 3 aliphatic carbocycles. The zero-order valence-corrected chi connectivity index (χ0v) is 15.9. The Morgan fingerprint density at radius 2 is 1.07 bits per heavy atom. The molecule has 0 saturated carbocycles. The van der Waals surface area contributed by atoms with Crippen LogP contribution in [0.2, 0.25) is 0 Å². The summed E-state index contributed by atoms with van der Waals surface area (Å²) >= 11 is 0. The summed E-state index contributed by atoms with van der Waals surface area (Å²) in [6, 6.07) is 22.2. The van der Waals surface area contributed by atoms with E-state index in [0.29, 0.717) is 5.69 Å². The lowest BCUT2D eigenvalue weighted by atomic mass is 9.55. The number of carboxylic acid groups (broad SMARTS) is 1. The molecular weight excluding hydrogens is 378 g/mol. The molecule has 3 aromatic rings. The van der Waals surface area contributed by atoms with E-state index < -0.39 is 17.8 Å². The smallest absolute Gasteiger partial charge is 0.335 e. The van der Waals surface area contributed by atoms with E-state index in [-0.39, 0.29) is 29.2 Å². The van der Waals surface area contributed by atoms with Crippen molar-refractivity contribution in [3.63, 3.8) is 0 Å². The van der Waals surface area contributed by atoms with Crippen molar-refractivity contribution in [2.24, 2.45) is 11.8 Å². The lowest BCUT2D eigenvalue weighted by Gasteiger charge is -2.45. The number of imide groups is 1. The maximum atomic E-state index is 13.6. The van der Waals surface area contributed by atoms with E-state index in [1.807, 2.05) is 24.3 Å². The summed E-state index contributed by atoms with van der Waals surface area (Å²) in [7, 11) is 0. The van der Waals surface area contributed by atoms with Crippen LogP contribution in [-0.2, 0) is 9.59 Å². The maximum absolute atomic E-state index is 13.6. The molecule has 2 atom stereocenters. The first-order chi connectivity index (χ1) is 14.6. The van der Waals surface area contributed by atoms with Gasteiger partial charge in [0.25, 0.3) is 0 Å². The molecule has 3 aromatic carbocycles. The SMILES string of the molecule is O=C(O)c1ccc(N2C(=O)C3C4c5ccccc5C(c5ccccc54)C3C2=O)cc1. The standard InChI is InChI=1S/C25H17NO4/c27-23-21-19-15-5-1-2-6-16(15)20(18-8-4-3-7-17(18)19)22(21)24(28)26(23)14-11-9-13(10-12-14)25(29)30/h1-12,19-22H,(H,29,30). The monoisotopic (exact) mass is 395 g/mol. The molecule has 2 amide bonds. The molecule has 1 N–H and O–H groups in total. The Balaban J connectivity index is 1.51. The number of benzene rings is 3. The van der Waals surface area contributed by atoms with E-state index in [0.717, 1.165) is 22.3 Å². The van der Waals surface area contributed by atoms with Crippen molar-refractivity contribution >= 4 is 23.5 Å². The molecule has 0 spiro atoms. The average Bonchev–Trinajstić information content (AvgIpc) is 3.04. The maximum Gasteiger partial charge on any atom is 0.335 e. The second-order valence-corrected chi connectivity index (χ2v) is 8.13. The number of hydrogen-bond donors (Lipinski definition) is 1. The van der Waals surface area contributed by atoms with Gasteiger partial charge >= 0.3 is 5.97 Å². The highest BCUT2D eigenvalue weighted by atomic mass is 16.4. The second kappa shape index (κ2) is 5.89. The highest BCUT2D eigenvalue weighted by Crippen LogP contribution is 2.61. The Bertz CT molecular complexity index is 1130. The van der Waals surface area contributed by atoms with Crippen LogP contribution in [0.3, 0.4) is 0 Å². The summed E-state index contributed by atoms with van der Waals surface area (Å²) in [6.45, 7) is 0. The number of nitrogens with zero attached hydrogens (tertiary/aromatic N) is 1. The van der Waals surface area contributed by atoms with Crippen LogP contribution in [0.25, 0.3) is 0 Å². The van der Waals surface area contributed by atoms with Gasteiger partial charge in [-0.05, 0) is 46.5 Å². The topological polar surface area (TPSA) is 74.7 Å². The first-order valence-corrected chi connectivity index (χ1v) is 9.96. The highest BCUT2D eigenvalue weighted by Gasteiger charge is 2.61. The Morgan fingerprint density at radius 3 is 1.43 bits per heavy atom. The second-order valence-electron chi connectivity index (χ2n) is 8.13. The van der Waals surface area contributed by atoms with E-state index >= 15 is 0 Å². The van der Waals surface area contributed by atoms with Crippen LogP contribution in [0, 0.1) is 11.8 Å². The first kappa shape index (κ1) is 17.2. The van der Waals surface area contributed by atoms with Crippen molar-refractivity contribution < 1.29 is 19.5 Å². The van der Waals surface area contributed by atoms with Gasteiger partial charge in [-0.2, -0.15) is 0 Å². The zero-order chi connectivity index (χ0) is 20.6. The predicted octanol–water partition coefficient (Wildman–Crippen LogP) is 3.78. The predicted molar refractivity (Wildman–Crippen MR) is 109 cm³/mol. The van der Waals surface area contributed by atoms with Crippen molar-refractivity contribution in [2.45, 2.75) is 11.8 Å². The van der Waals surface area contributed by atoms with E-state index in [2.05, 4.69) is 24.3 Å². The number of aromatic carboxylic acids is 1. The summed E-state index contributed by atoms with van der Waals surface area (Å²) in [5.74, 6) is -2.62. The number of anilines is 1. The van der Waals surface area contributed by atoms with Crippen molar-refractivity contribution in [3.8, 4) is 0 Å². The number of carboxylic acids is 1. The zero-order valence-electron chi connectivity index (χ0n) is 15.9. The summed E-state index contributed by atoms with van der Waals surface area (Å²) < 4.78 is 0. The van der Waals surface area contributed by atoms with Crippen molar-refractivity contribution in [1.82, 2.24) is 0 Å². The lowest BCUT2D eigenvalue weighted by Crippen LogP contribution is -2.41. The number of amides is 2. The van der Waals surface area contributed by atoms with Gasteiger partial charge in [0.2, 0.25) is 11.8 Å². The molecule has 4 aliphatic rings. The summed E-state index contributed by atoms with van der Waals surface area (Å²) in [5.41, 5.74) is 5.07. The van der Waals surface area contributed by atoms with Crippen LogP contribution in [0.15, 0.2) is 72.8 Å². The molecule has 2 unspecified atom stereocenters.